The Labute approximate surface area is 123 Å². The van der Waals surface area contributed by atoms with Gasteiger partial charge < -0.3 is 10.6 Å². The molecule has 4 nitrogen and oxygen atoms in total. The third-order valence-electron chi connectivity index (χ3n) is 6.21. The standard InChI is InChI=1S/C16H31N3O/c1-14(2,11-17)19-9-7-18(8-10-19)13(20)12-15(3,4)16(12,5)6/h12H,7-11,17H2,1-6H3. The van der Waals surface area contributed by atoms with Crippen LogP contribution in [0.4, 0.5) is 0 Å². The predicted molar refractivity (Wildman–Crippen MR) is 82.3 cm³/mol. The molecule has 2 N–H and O–H groups in total. The maximum Gasteiger partial charge on any atom is 0.226 e. The van der Waals surface area contributed by atoms with E-state index >= 15 is 0 Å². The molecule has 0 aromatic rings. The molecule has 20 heavy (non-hydrogen) atoms. The summed E-state index contributed by atoms with van der Waals surface area (Å²) in [6.45, 7) is 17.4. The number of piperazine rings is 1. The Bertz CT molecular complexity index is 379. The fourth-order valence-corrected chi connectivity index (χ4v) is 3.66. The summed E-state index contributed by atoms with van der Waals surface area (Å²) >= 11 is 0. The lowest BCUT2D eigenvalue weighted by Gasteiger charge is -2.43. The smallest absolute Gasteiger partial charge is 0.226 e. The summed E-state index contributed by atoms with van der Waals surface area (Å²) in [6, 6.07) is 0. The van der Waals surface area contributed by atoms with E-state index in [0.717, 1.165) is 26.2 Å². The Hall–Kier alpha value is -0.610. The largest absolute Gasteiger partial charge is 0.340 e. The lowest BCUT2D eigenvalue weighted by Crippen LogP contribution is -2.58. The maximum atomic E-state index is 12.7. The van der Waals surface area contributed by atoms with E-state index < -0.39 is 0 Å². The van der Waals surface area contributed by atoms with Crippen LogP contribution in [-0.2, 0) is 4.79 Å². The van der Waals surface area contributed by atoms with Crippen molar-refractivity contribution in [3.8, 4) is 0 Å². The van der Waals surface area contributed by atoms with Crippen LogP contribution < -0.4 is 5.73 Å². The third kappa shape index (κ3) is 2.27. The molecular formula is C16H31N3O. The van der Waals surface area contributed by atoms with E-state index in [1.54, 1.807) is 0 Å². The van der Waals surface area contributed by atoms with Gasteiger partial charge in [-0.25, -0.2) is 0 Å². The van der Waals surface area contributed by atoms with Crippen LogP contribution in [0, 0.1) is 16.7 Å². The summed E-state index contributed by atoms with van der Waals surface area (Å²) in [5, 5.41) is 0. The number of nitrogens with zero attached hydrogens (tertiary/aromatic N) is 2. The van der Waals surface area contributed by atoms with Crippen LogP contribution >= 0.6 is 0 Å². The topological polar surface area (TPSA) is 49.6 Å². The van der Waals surface area contributed by atoms with Gasteiger partial charge in [0.05, 0.1) is 0 Å². The van der Waals surface area contributed by atoms with Crippen LogP contribution in [0.25, 0.3) is 0 Å². The predicted octanol–water partition coefficient (Wildman–Crippen LogP) is 1.55. The molecule has 0 radical (unpaired) electrons. The second-order valence-electron chi connectivity index (χ2n) is 8.21. The molecule has 2 fully saturated rings. The van der Waals surface area contributed by atoms with E-state index in [9.17, 15) is 4.79 Å². The molecule has 1 saturated carbocycles. The molecule has 1 heterocycles. The Morgan fingerprint density at radius 3 is 1.90 bits per heavy atom. The number of carbonyl (C=O) groups excluding carboxylic acids is 1. The molecule has 2 rings (SSSR count). The van der Waals surface area contributed by atoms with Gasteiger partial charge in [0.1, 0.15) is 0 Å². The zero-order valence-corrected chi connectivity index (χ0v) is 14.0. The Kier molecular flexibility index (Phi) is 3.71. The maximum absolute atomic E-state index is 12.7. The summed E-state index contributed by atoms with van der Waals surface area (Å²) in [5.74, 6) is 0.536. The van der Waals surface area contributed by atoms with Crippen molar-refractivity contribution in [3.63, 3.8) is 0 Å². The van der Waals surface area contributed by atoms with Gasteiger partial charge in [-0.05, 0) is 24.7 Å². The average molecular weight is 281 g/mol. The van der Waals surface area contributed by atoms with Gasteiger partial charge in [-0.3, -0.25) is 9.69 Å². The second-order valence-corrected chi connectivity index (χ2v) is 8.21. The quantitative estimate of drug-likeness (QED) is 0.854. The van der Waals surface area contributed by atoms with Crippen molar-refractivity contribution in [1.82, 2.24) is 9.80 Å². The van der Waals surface area contributed by atoms with Gasteiger partial charge >= 0.3 is 0 Å². The third-order valence-corrected chi connectivity index (χ3v) is 6.21. The first-order chi connectivity index (χ1) is 9.05. The van der Waals surface area contributed by atoms with Crippen molar-refractivity contribution < 1.29 is 4.79 Å². The Morgan fingerprint density at radius 1 is 1.10 bits per heavy atom. The number of hydrogen-bond donors (Lipinski definition) is 1. The highest BCUT2D eigenvalue weighted by Crippen LogP contribution is 2.68. The van der Waals surface area contributed by atoms with Gasteiger partial charge in [-0.2, -0.15) is 0 Å². The minimum atomic E-state index is 0.0350. The SMILES string of the molecule is CC(C)(CN)N1CCN(C(=O)C2C(C)(C)C2(C)C)CC1. The fraction of sp³-hybridized carbons (Fsp3) is 0.938. The van der Waals surface area contributed by atoms with E-state index in [0.29, 0.717) is 12.5 Å². The zero-order valence-electron chi connectivity index (χ0n) is 14.0. The molecule has 1 amide bonds. The molecule has 1 aliphatic carbocycles. The molecule has 0 aromatic carbocycles. The summed E-state index contributed by atoms with van der Waals surface area (Å²) < 4.78 is 0. The van der Waals surface area contributed by atoms with Gasteiger partial charge in [0.2, 0.25) is 5.91 Å². The van der Waals surface area contributed by atoms with E-state index in [-0.39, 0.29) is 22.3 Å². The summed E-state index contributed by atoms with van der Waals surface area (Å²) in [6.07, 6.45) is 0. The minimum absolute atomic E-state index is 0.0350. The molecule has 4 heteroatoms. The van der Waals surface area contributed by atoms with Crippen molar-refractivity contribution in [3.05, 3.63) is 0 Å². The Balaban J connectivity index is 1.94. The molecule has 0 bridgehead atoms. The number of hydrogen-bond acceptors (Lipinski definition) is 3. The number of amides is 1. The number of nitrogens with two attached hydrogens (primary N) is 1. The summed E-state index contributed by atoms with van der Waals surface area (Å²) in [4.78, 5) is 17.2. The lowest BCUT2D eigenvalue weighted by atomic mass is 10.0. The molecule has 0 spiro atoms. The molecule has 1 saturated heterocycles. The minimum Gasteiger partial charge on any atom is -0.340 e. The zero-order chi connectivity index (χ0) is 15.3. The summed E-state index contributed by atoms with van der Waals surface area (Å²) in [5.41, 5.74) is 6.15. The van der Waals surface area contributed by atoms with E-state index in [4.69, 9.17) is 5.73 Å². The first-order valence-corrected chi connectivity index (χ1v) is 7.79. The van der Waals surface area contributed by atoms with E-state index in [2.05, 4.69) is 51.3 Å². The normalized spacial score (nSPS) is 26.6. The number of rotatable bonds is 3. The van der Waals surface area contributed by atoms with Gasteiger partial charge in [0, 0.05) is 44.2 Å². The van der Waals surface area contributed by atoms with Crippen molar-refractivity contribution in [2.45, 2.75) is 47.1 Å². The van der Waals surface area contributed by atoms with Gasteiger partial charge in [0.15, 0.2) is 0 Å². The first kappa shape index (κ1) is 15.8. The van der Waals surface area contributed by atoms with Gasteiger partial charge in [-0.15, -0.1) is 0 Å². The highest BCUT2D eigenvalue weighted by molar-refractivity contribution is 5.84. The first-order valence-electron chi connectivity index (χ1n) is 7.79. The highest BCUT2D eigenvalue weighted by atomic mass is 16.2. The molecule has 116 valence electrons. The monoisotopic (exact) mass is 281 g/mol. The van der Waals surface area contributed by atoms with Crippen LogP contribution in [0.15, 0.2) is 0 Å². The fourth-order valence-electron chi connectivity index (χ4n) is 3.66. The van der Waals surface area contributed by atoms with Crippen molar-refractivity contribution in [1.29, 1.82) is 0 Å². The molecule has 0 atom stereocenters. The molecule has 2 aliphatic rings. The Morgan fingerprint density at radius 2 is 1.55 bits per heavy atom. The van der Waals surface area contributed by atoms with Crippen LogP contribution in [0.5, 0.6) is 0 Å². The second kappa shape index (κ2) is 4.70. The molecule has 0 unspecified atom stereocenters. The van der Waals surface area contributed by atoms with Crippen LogP contribution in [0.3, 0.4) is 0 Å². The van der Waals surface area contributed by atoms with Crippen LogP contribution in [-0.4, -0.2) is 54.0 Å². The van der Waals surface area contributed by atoms with Crippen LogP contribution in [0.2, 0.25) is 0 Å². The van der Waals surface area contributed by atoms with Crippen molar-refractivity contribution in [2.75, 3.05) is 32.7 Å². The van der Waals surface area contributed by atoms with Gasteiger partial charge in [-0.1, -0.05) is 27.7 Å². The van der Waals surface area contributed by atoms with Crippen molar-refractivity contribution >= 4 is 5.91 Å². The molecular weight excluding hydrogens is 250 g/mol. The lowest BCUT2D eigenvalue weighted by molar-refractivity contribution is -0.136. The summed E-state index contributed by atoms with van der Waals surface area (Å²) in [7, 11) is 0. The molecule has 0 aromatic heterocycles. The van der Waals surface area contributed by atoms with E-state index in [1.165, 1.54) is 0 Å². The van der Waals surface area contributed by atoms with Gasteiger partial charge in [0.25, 0.3) is 0 Å². The van der Waals surface area contributed by atoms with E-state index in [1.807, 2.05) is 0 Å². The van der Waals surface area contributed by atoms with Crippen LogP contribution in [0.1, 0.15) is 41.5 Å². The highest BCUT2D eigenvalue weighted by Gasteiger charge is 2.68. The average Bonchev–Trinajstić information content (AvgIpc) is 2.79. The number of carbonyl (C=O) groups is 1. The molecule has 1 aliphatic heterocycles. The van der Waals surface area contributed by atoms with Crippen molar-refractivity contribution in [2.24, 2.45) is 22.5 Å².